The van der Waals surface area contributed by atoms with E-state index in [1.807, 2.05) is 93.7 Å². The van der Waals surface area contributed by atoms with Crippen molar-refractivity contribution < 1.29 is 9.53 Å². The fourth-order valence-corrected chi connectivity index (χ4v) is 3.88. The highest BCUT2D eigenvalue weighted by atomic mass is 16.5. The van der Waals surface area contributed by atoms with Crippen LogP contribution < -0.4 is 10.1 Å². The highest BCUT2D eigenvalue weighted by Crippen LogP contribution is 2.31. The predicted octanol–water partition coefficient (Wildman–Crippen LogP) is 6.58. The SMILES string of the molecule is C=CCOc1ccc(-c2nn(-c3ccccc3)cc2/C=C(/C#N)C(=O)Nc2ccc(C)c(C)c2)c(C)c1. The van der Waals surface area contributed by atoms with Crippen molar-refractivity contribution in [3.63, 3.8) is 0 Å². The van der Waals surface area contributed by atoms with E-state index in [4.69, 9.17) is 9.84 Å². The molecule has 3 aromatic carbocycles. The lowest BCUT2D eigenvalue weighted by Gasteiger charge is -2.09. The highest BCUT2D eigenvalue weighted by Gasteiger charge is 2.17. The number of rotatable bonds is 8. The number of ether oxygens (including phenoxy) is 1. The maximum Gasteiger partial charge on any atom is 0.266 e. The Bertz CT molecular complexity index is 1520. The van der Waals surface area contributed by atoms with Gasteiger partial charge in [-0.05, 0) is 86.0 Å². The minimum absolute atomic E-state index is 0.0179. The van der Waals surface area contributed by atoms with Gasteiger partial charge in [-0.2, -0.15) is 10.4 Å². The molecule has 0 atom stereocenters. The number of aryl methyl sites for hydroxylation is 3. The molecule has 6 nitrogen and oxygen atoms in total. The number of benzene rings is 3. The van der Waals surface area contributed by atoms with Gasteiger partial charge >= 0.3 is 0 Å². The van der Waals surface area contributed by atoms with Gasteiger partial charge in [-0.25, -0.2) is 4.68 Å². The van der Waals surface area contributed by atoms with Crippen molar-refractivity contribution in [1.82, 2.24) is 9.78 Å². The predicted molar refractivity (Wildman–Crippen MR) is 148 cm³/mol. The maximum absolute atomic E-state index is 13.0. The Labute approximate surface area is 217 Å². The average molecular weight is 489 g/mol. The molecule has 0 radical (unpaired) electrons. The van der Waals surface area contributed by atoms with E-state index in [9.17, 15) is 10.1 Å². The van der Waals surface area contributed by atoms with Gasteiger partial charge in [0.1, 0.15) is 29.7 Å². The molecule has 0 aliphatic rings. The zero-order chi connectivity index (χ0) is 26.4. The van der Waals surface area contributed by atoms with Crippen molar-refractivity contribution in [2.24, 2.45) is 0 Å². The van der Waals surface area contributed by atoms with Gasteiger partial charge in [0, 0.05) is 23.0 Å². The topological polar surface area (TPSA) is 79.9 Å². The normalized spacial score (nSPS) is 11.0. The van der Waals surface area contributed by atoms with Crippen LogP contribution >= 0.6 is 0 Å². The average Bonchev–Trinajstić information content (AvgIpc) is 3.32. The zero-order valence-electron chi connectivity index (χ0n) is 21.2. The molecule has 4 aromatic rings. The van der Waals surface area contributed by atoms with Crippen LogP contribution in [0, 0.1) is 32.1 Å². The third-order valence-corrected chi connectivity index (χ3v) is 6.01. The Morgan fingerprint density at radius 1 is 1.05 bits per heavy atom. The summed E-state index contributed by atoms with van der Waals surface area (Å²) < 4.78 is 7.41. The van der Waals surface area contributed by atoms with Crippen LogP contribution in [-0.4, -0.2) is 22.3 Å². The van der Waals surface area contributed by atoms with E-state index in [0.717, 1.165) is 33.7 Å². The van der Waals surface area contributed by atoms with Crippen LogP contribution in [-0.2, 0) is 4.79 Å². The number of para-hydroxylation sites is 1. The van der Waals surface area contributed by atoms with Crippen molar-refractivity contribution in [1.29, 1.82) is 5.26 Å². The Hall–Kier alpha value is -4.89. The molecule has 0 saturated heterocycles. The number of hydrogen-bond donors (Lipinski definition) is 1. The van der Waals surface area contributed by atoms with Crippen LogP contribution in [0.5, 0.6) is 5.75 Å². The van der Waals surface area contributed by atoms with Crippen molar-refractivity contribution >= 4 is 17.7 Å². The van der Waals surface area contributed by atoms with E-state index >= 15 is 0 Å². The molecule has 1 aromatic heterocycles. The fraction of sp³-hybridized carbons (Fsp3) is 0.129. The molecule has 4 rings (SSSR count). The first-order chi connectivity index (χ1) is 17.9. The molecular formula is C31H28N4O2. The van der Waals surface area contributed by atoms with Crippen LogP contribution in [0.1, 0.15) is 22.3 Å². The van der Waals surface area contributed by atoms with Crippen LogP contribution in [0.25, 0.3) is 23.0 Å². The Balaban J connectivity index is 1.75. The molecule has 6 heteroatoms. The summed E-state index contributed by atoms with van der Waals surface area (Å²) >= 11 is 0. The van der Waals surface area contributed by atoms with E-state index in [1.54, 1.807) is 16.8 Å². The first-order valence-electron chi connectivity index (χ1n) is 11.9. The molecule has 37 heavy (non-hydrogen) atoms. The summed E-state index contributed by atoms with van der Waals surface area (Å²) in [6.07, 6.45) is 5.10. The van der Waals surface area contributed by atoms with Crippen molar-refractivity contribution in [3.8, 4) is 28.8 Å². The van der Waals surface area contributed by atoms with Gasteiger partial charge < -0.3 is 10.1 Å². The number of hydrogen-bond acceptors (Lipinski definition) is 4. The minimum Gasteiger partial charge on any atom is -0.490 e. The first-order valence-corrected chi connectivity index (χ1v) is 11.9. The van der Waals surface area contributed by atoms with Gasteiger partial charge in [0.05, 0.1) is 5.69 Å². The molecule has 0 aliphatic carbocycles. The number of aromatic nitrogens is 2. The van der Waals surface area contributed by atoms with Gasteiger partial charge in [0.15, 0.2) is 0 Å². The molecule has 0 bridgehead atoms. The quantitative estimate of drug-likeness (QED) is 0.173. The number of nitrogens with zero attached hydrogens (tertiary/aromatic N) is 3. The van der Waals surface area contributed by atoms with Crippen LogP contribution in [0.2, 0.25) is 0 Å². The number of nitriles is 1. The standard InChI is InChI=1S/C31H28N4O2/c1-5-15-37-28-13-14-29(23(4)17-28)30-25(20-35(34-30)27-9-7-6-8-10-27)18-24(19-32)31(36)33-26-12-11-21(2)22(3)16-26/h5-14,16-18,20H,1,15H2,2-4H3,(H,33,36)/b24-18-. The molecule has 0 fully saturated rings. The summed E-state index contributed by atoms with van der Waals surface area (Å²) in [5, 5.41) is 17.5. The van der Waals surface area contributed by atoms with Gasteiger partial charge in [-0.3, -0.25) is 4.79 Å². The third kappa shape index (κ3) is 5.85. The lowest BCUT2D eigenvalue weighted by Crippen LogP contribution is -2.13. The third-order valence-electron chi connectivity index (χ3n) is 6.01. The number of carbonyl (C=O) groups is 1. The van der Waals surface area contributed by atoms with Crippen LogP contribution in [0.15, 0.2) is 91.2 Å². The van der Waals surface area contributed by atoms with Crippen LogP contribution in [0.4, 0.5) is 5.69 Å². The number of amides is 1. The Morgan fingerprint density at radius 2 is 1.84 bits per heavy atom. The summed E-state index contributed by atoms with van der Waals surface area (Å²) in [6.45, 7) is 10.1. The molecule has 0 spiro atoms. The molecule has 1 amide bonds. The second-order valence-corrected chi connectivity index (χ2v) is 8.71. The van der Waals surface area contributed by atoms with Gasteiger partial charge in [-0.1, -0.05) is 36.9 Å². The van der Waals surface area contributed by atoms with Crippen molar-refractivity contribution in [2.75, 3.05) is 11.9 Å². The van der Waals surface area contributed by atoms with E-state index in [0.29, 0.717) is 23.6 Å². The minimum atomic E-state index is -0.478. The van der Waals surface area contributed by atoms with E-state index < -0.39 is 5.91 Å². The Kier molecular flexibility index (Phi) is 7.65. The second kappa shape index (κ2) is 11.2. The van der Waals surface area contributed by atoms with E-state index in [-0.39, 0.29) is 5.57 Å². The molecule has 0 aliphatic heterocycles. The molecule has 0 saturated carbocycles. The van der Waals surface area contributed by atoms with Gasteiger partial charge in [0.2, 0.25) is 0 Å². The smallest absolute Gasteiger partial charge is 0.266 e. The molecule has 0 unspecified atom stereocenters. The summed E-state index contributed by atoms with van der Waals surface area (Å²) in [7, 11) is 0. The summed E-state index contributed by atoms with van der Waals surface area (Å²) in [5.74, 6) is 0.250. The van der Waals surface area contributed by atoms with Gasteiger partial charge in [-0.15, -0.1) is 0 Å². The highest BCUT2D eigenvalue weighted by molar-refractivity contribution is 6.10. The fourth-order valence-electron chi connectivity index (χ4n) is 3.88. The monoisotopic (exact) mass is 488 g/mol. The second-order valence-electron chi connectivity index (χ2n) is 8.71. The largest absolute Gasteiger partial charge is 0.490 e. The number of nitrogens with one attached hydrogen (secondary N) is 1. The molecule has 1 N–H and O–H groups in total. The van der Waals surface area contributed by atoms with Crippen molar-refractivity contribution in [3.05, 3.63) is 113 Å². The molecule has 184 valence electrons. The van der Waals surface area contributed by atoms with Gasteiger partial charge in [0.25, 0.3) is 5.91 Å². The first kappa shape index (κ1) is 25.2. The summed E-state index contributed by atoms with van der Waals surface area (Å²) in [5.41, 5.74) is 6.81. The zero-order valence-corrected chi connectivity index (χ0v) is 21.2. The molecular weight excluding hydrogens is 460 g/mol. The summed E-state index contributed by atoms with van der Waals surface area (Å²) in [4.78, 5) is 13.0. The lowest BCUT2D eigenvalue weighted by molar-refractivity contribution is -0.112. The van der Waals surface area contributed by atoms with E-state index in [2.05, 4.69) is 18.0 Å². The molecule has 1 heterocycles. The number of carbonyl (C=O) groups excluding carboxylic acids is 1. The Morgan fingerprint density at radius 3 is 2.51 bits per heavy atom. The number of anilines is 1. The maximum atomic E-state index is 13.0. The van der Waals surface area contributed by atoms with Crippen LogP contribution in [0.3, 0.4) is 0 Å². The van der Waals surface area contributed by atoms with E-state index in [1.165, 1.54) is 0 Å². The van der Waals surface area contributed by atoms with Crippen molar-refractivity contribution in [2.45, 2.75) is 20.8 Å². The lowest BCUT2D eigenvalue weighted by atomic mass is 10.0. The summed E-state index contributed by atoms with van der Waals surface area (Å²) in [6, 6.07) is 23.1.